The zero-order chi connectivity index (χ0) is 10.7. The van der Waals surface area contributed by atoms with Crippen LogP contribution in [0.3, 0.4) is 0 Å². The van der Waals surface area contributed by atoms with Crippen LogP contribution in [-0.2, 0) is 0 Å². The van der Waals surface area contributed by atoms with Crippen LogP contribution in [0, 0.1) is 11.6 Å². The van der Waals surface area contributed by atoms with E-state index < -0.39 is 11.6 Å². The normalized spacial score (nSPS) is 21.3. The molecule has 15 heavy (non-hydrogen) atoms. The zero-order valence-electron chi connectivity index (χ0n) is 8.34. The molecule has 1 aliphatic rings. The fourth-order valence-electron chi connectivity index (χ4n) is 1.74. The van der Waals surface area contributed by atoms with E-state index >= 15 is 0 Å². The zero-order valence-corrected chi connectivity index (χ0v) is 8.34. The molecule has 1 aliphatic heterocycles. The first-order chi connectivity index (χ1) is 7.27. The highest BCUT2D eigenvalue weighted by atomic mass is 19.2. The molecule has 0 amide bonds. The van der Waals surface area contributed by atoms with Gasteiger partial charge >= 0.3 is 0 Å². The molecular weight excluding hydrogens is 196 g/mol. The van der Waals surface area contributed by atoms with E-state index in [1.165, 1.54) is 6.07 Å². The minimum atomic E-state index is -0.795. The number of halogens is 2. The fraction of sp³-hybridized carbons (Fsp3) is 0.333. The summed E-state index contributed by atoms with van der Waals surface area (Å²) in [7, 11) is 0. The second-order valence-corrected chi connectivity index (χ2v) is 3.71. The highest BCUT2D eigenvalue weighted by molar-refractivity contribution is 5.50. The Morgan fingerprint density at radius 2 is 2.20 bits per heavy atom. The smallest absolute Gasteiger partial charge is 0.166 e. The second kappa shape index (κ2) is 4.53. The lowest BCUT2D eigenvalue weighted by Gasteiger charge is -2.03. The molecule has 0 aliphatic carbocycles. The molecule has 0 saturated carbocycles. The van der Waals surface area contributed by atoms with E-state index in [0.717, 1.165) is 25.5 Å². The molecule has 1 heterocycles. The van der Waals surface area contributed by atoms with Crippen LogP contribution in [-0.4, -0.2) is 12.6 Å². The molecule has 2 rings (SSSR count). The molecule has 3 heteroatoms. The van der Waals surface area contributed by atoms with Crippen molar-refractivity contribution in [3.05, 3.63) is 41.5 Å². The van der Waals surface area contributed by atoms with Gasteiger partial charge in [0.2, 0.25) is 0 Å². The first kappa shape index (κ1) is 10.3. The highest BCUT2D eigenvalue weighted by Crippen LogP contribution is 2.14. The van der Waals surface area contributed by atoms with Crippen molar-refractivity contribution in [3.8, 4) is 0 Å². The van der Waals surface area contributed by atoms with Gasteiger partial charge in [0.25, 0.3) is 0 Å². The van der Waals surface area contributed by atoms with Crippen molar-refractivity contribution >= 4 is 6.08 Å². The van der Waals surface area contributed by atoms with E-state index in [4.69, 9.17) is 0 Å². The number of rotatable bonds is 2. The van der Waals surface area contributed by atoms with Crippen LogP contribution in [0.4, 0.5) is 8.78 Å². The van der Waals surface area contributed by atoms with E-state index in [9.17, 15) is 8.78 Å². The van der Waals surface area contributed by atoms with E-state index in [-0.39, 0.29) is 0 Å². The van der Waals surface area contributed by atoms with Crippen molar-refractivity contribution in [2.75, 3.05) is 6.54 Å². The lowest BCUT2D eigenvalue weighted by molar-refractivity contribution is 0.507. The molecule has 1 aromatic rings. The summed E-state index contributed by atoms with van der Waals surface area (Å²) in [6.07, 6.45) is 5.74. The summed E-state index contributed by atoms with van der Waals surface area (Å²) in [4.78, 5) is 0. The lowest BCUT2D eigenvalue weighted by Crippen LogP contribution is -2.18. The van der Waals surface area contributed by atoms with Crippen LogP contribution in [0.5, 0.6) is 0 Å². The summed E-state index contributed by atoms with van der Waals surface area (Å²) in [6, 6.07) is 4.51. The van der Waals surface area contributed by atoms with Crippen molar-refractivity contribution in [1.29, 1.82) is 0 Å². The van der Waals surface area contributed by atoms with Crippen LogP contribution >= 0.6 is 0 Å². The molecule has 0 unspecified atom stereocenters. The molecule has 1 nitrogen and oxygen atoms in total. The Kier molecular flexibility index (Phi) is 3.11. The SMILES string of the molecule is Fc1cccc(/C=C/[C@H]2CCCN2)c1F. The molecule has 80 valence electrons. The van der Waals surface area contributed by atoms with Crippen molar-refractivity contribution in [3.63, 3.8) is 0 Å². The third-order valence-corrected chi connectivity index (χ3v) is 2.59. The maximum atomic E-state index is 13.2. The van der Waals surface area contributed by atoms with Crippen LogP contribution in [0.25, 0.3) is 6.08 Å². The van der Waals surface area contributed by atoms with Crippen LogP contribution < -0.4 is 5.32 Å². The van der Waals surface area contributed by atoms with Crippen LogP contribution in [0.1, 0.15) is 18.4 Å². The fourth-order valence-corrected chi connectivity index (χ4v) is 1.74. The number of hydrogen-bond acceptors (Lipinski definition) is 1. The predicted molar refractivity (Wildman–Crippen MR) is 56.4 cm³/mol. The summed E-state index contributed by atoms with van der Waals surface area (Å²) in [6.45, 7) is 1.00. The Morgan fingerprint density at radius 1 is 1.33 bits per heavy atom. The van der Waals surface area contributed by atoms with Gasteiger partial charge in [0.15, 0.2) is 11.6 Å². The third kappa shape index (κ3) is 2.42. The minimum absolute atomic E-state index is 0.299. The van der Waals surface area contributed by atoms with Gasteiger partial charge in [0.05, 0.1) is 0 Å². The average molecular weight is 209 g/mol. The Morgan fingerprint density at radius 3 is 2.93 bits per heavy atom. The number of nitrogens with one attached hydrogen (secondary N) is 1. The third-order valence-electron chi connectivity index (χ3n) is 2.59. The summed E-state index contributed by atoms with van der Waals surface area (Å²) in [5.41, 5.74) is 0.309. The summed E-state index contributed by atoms with van der Waals surface area (Å²) >= 11 is 0. The number of benzene rings is 1. The molecular formula is C12H13F2N. The van der Waals surface area contributed by atoms with Gasteiger partial charge < -0.3 is 5.32 Å². The standard InChI is InChI=1S/C12H13F2N/c13-11-5-1-3-9(12(11)14)6-7-10-4-2-8-15-10/h1,3,5-7,10,15H,2,4,8H2/b7-6+/t10-/m1/s1. The van der Waals surface area contributed by atoms with Gasteiger partial charge in [-0.1, -0.05) is 24.3 Å². The summed E-state index contributed by atoms with van der Waals surface area (Å²) < 4.78 is 26.1. The average Bonchev–Trinajstić information content (AvgIpc) is 2.73. The van der Waals surface area contributed by atoms with E-state index in [1.54, 1.807) is 12.1 Å². The Balaban J connectivity index is 2.12. The highest BCUT2D eigenvalue weighted by Gasteiger charge is 2.10. The molecule has 0 bridgehead atoms. The van der Waals surface area contributed by atoms with E-state index in [2.05, 4.69) is 5.32 Å². The van der Waals surface area contributed by atoms with Crippen molar-refractivity contribution < 1.29 is 8.78 Å². The maximum Gasteiger partial charge on any atom is 0.166 e. The Bertz CT molecular complexity index is 368. The van der Waals surface area contributed by atoms with Crippen LogP contribution in [0.15, 0.2) is 24.3 Å². The van der Waals surface area contributed by atoms with Gasteiger partial charge in [0.1, 0.15) is 0 Å². The predicted octanol–water partition coefficient (Wildman–Crippen LogP) is 2.73. The lowest BCUT2D eigenvalue weighted by atomic mass is 10.1. The number of hydrogen-bond donors (Lipinski definition) is 1. The quantitative estimate of drug-likeness (QED) is 0.789. The minimum Gasteiger partial charge on any atom is -0.311 e. The molecule has 1 saturated heterocycles. The van der Waals surface area contributed by atoms with Crippen molar-refractivity contribution in [1.82, 2.24) is 5.32 Å². The molecule has 0 aromatic heterocycles. The van der Waals surface area contributed by atoms with E-state index in [1.807, 2.05) is 6.08 Å². The van der Waals surface area contributed by atoms with Gasteiger partial charge in [-0.3, -0.25) is 0 Å². The monoisotopic (exact) mass is 209 g/mol. The van der Waals surface area contributed by atoms with Crippen molar-refractivity contribution in [2.24, 2.45) is 0 Å². The van der Waals surface area contributed by atoms with Crippen LogP contribution in [0.2, 0.25) is 0 Å². The van der Waals surface area contributed by atoms with Gasteiger partial charge in [-0.2, -0.15) is 0 Å². The molecule has 0 spiro atoms. The second-order valence-electron chi connectivity index (χ2n) is 3.71. The molecule has 1 atom stereocenters. The van der Waals surface area contributed by atoms with Crippen molar-refractivity contribution in [2.45, 2.75) is 18.9 Å². The van der Waals surface area contributed by atoms with Gasteiger partial charge in [-0.25, -0.2) is 8.78 Å². The molecule has 1 aromatic carbocycles. The Labute approximate surface area is 87.8 Å². The summed E-state index contributed by atoms with van der Waals surface area (Å²) in [5.74, 6) is -1.57. The maximum absolute atomic E-state index is 13.2. The van der Waals surface area contributed by atoms with Gasteiger partial charge in [-0.05, 0) is 25.5 Å². The van der Waals surface area contributed by atoms with Gasteiger partial charge in [0, 0.05) is 11.6 Å². The van der Waals surface area contributed by atoms with E-state index in [0.29, 0.717) is 11.6 Å². The van der Waals surface area contributed by atoms with Gasteiger partial charge in [-0.15, -0.1) is 0 Å². The molecule has 1 fully saturated rings. The Hall–Kier alpha value is -1.22. The molecule has 1 N–H and O–H groups in total. The topological polar surface area (TPSA) is 12.0 Å². The first-order valence-electron chi connectivity index (χ1n) is 5.13. The molecule has 0 radical (unpaired) electrons. The largest absolute Gasteiger partial charge is 0.311 e. The summed E-state index contributed by atoms with van der Waals surface area (Å²) in [5, 5.41) is 3.26. The first-order valence-corrected chi connectivity index (χ1v) is 5.13.